The number of carbonyl (C=O) groups excluding carboxylic acids is 1. The van der Waals surface area contributed by atoms with E-state index < -0.39 is 0 Å². The minimum Gasteiger partial charge on any atom is -0.310 e. The van der Waals surface area contributed by atoms with E-state index in [2.05, 4.69) is 22.3 Å². The third-order valence-corrected chi connectivity index (χ3v) is 4.67. The number of aryl methyl sites for hydroxylation is 3. The molecule has 0 saturated heterocycles. The van der Waals surface area contributed by atoms with Gasteiger partial charge in [0.15, 0.2) is 4.34 Å². The average molecular weight is 310 g/mol. The lowest BCUT2D eigenvalue weighted by atomic mass is 10.4. The van der Waals surface area contributed by atoms with Crippen LogP contribution in [0.25, 0.3) is 0 Å². The number of amides is 1. The van der Waals surface area contributed by atoms with Crippen molar-refractivity contribution in [3.05, 3.63) is 22.8 Å². The summed E-state index contributed by atoms with van der Waals surface area (Å²) in [5.74, 6) is 1.11. The van der Waals surface area contributed by atoms with Crippen molar-refractivity contribution in [2.75, 3.05) is 11.1 Å². The minimum absolute atomic E-state index is 0.0277. The molecule has 0 aliphatic carbocycles. The zero-order valence-electron chi connectivity index (χ0n) is 11.8. The van der Waals surface area contributed by atoms with Gasteiger partial charge >= 0.3 is 0 Å². The van der Waals surface area contributed by atoms with E-state index in [-0.39, 0.29) is 5.91 Å². The Balaban J connectivity index is 1.91. The Bertz CT molecular complexity index is 591. The van der Waals surface area contributed by atoms with E-state index in [1.165, 1.54) is 11.8 Å². The van der Waals surface area contributed by atoms with Crippen molar-refractivity contribution in [1.29, 1.82) is 0 Å². The van der Waals surface area contributed by atoms with Crippen molar-refractivity contribution in [2.24, 2.45) is 0 Å². The molecule has 0 aromatic carbocycles. The molecule has 0 unspecified atom stereocenters. The Morgan fingerprint density at radius 1 is 1.45 bits per heavy atom. The van der Waals surface area contributed by atoms with Crippen LogP contribution in [0.4, 0.5) is 5.82 Å². The van der Waals surface area contributed by atoms with E-state index in [4.69, 9.17) is 0 Å². The second-order valence-corrected chi connectivity index (χ2v) is 6.57. The van der Waals surface area contributed by atoms with Crippen LogP contribution in [0.5, 0.6) is 0 Å². The second-order valence-electron chi connectivity index (χ2n) is 4.49. The van der Waals surface area contributed by atoms with Crippen LogP contribution in [0.15, 0.2) is 15.8 Å². The van der Waals surface area contributed by atoms with Crippen LogP contribution >= 0.6 is 23.1 Å². The summed E-state index contributed by atoms with van der Waals surface area (Å²) in [6.45, 7) is 6.77. The van der Waals surface area contributed by atoms with Crippen molar-refractivity contribution >= 4 is 34.8 Å². The first-order valence-electron chi connectivity index (χ1n) is 6.47. The van der Waals surface area contributed by atoms with E-state index in [9.17, 15) is 4.79 Å². The third-order valence-electron chi connectivity index (χ3n) is 2.53. The summed E-state index contributed by atoms with van der Waals surface area (Å²) in [7, 11) is 0. The van der Waals surface area contributed by atoms with Gasteiger partial charge in [0.25, 0.3) is 0 Å². The van der Waals surface area contributed by atoms with Gasteiger partial charge in [-0.05, 0) is 20.3 Å². The summed E-state index contributed by atoms with van der Waals surface area (Å²) in [5.41, 5.74) is 1.91. The Kier molecular flexibility index (Phi) is 5.19. The molecule has 0 radical (unpaired) electrons. The smallest absolute Gasteiger partial charge is 0.235 e. The highest BCUT2D eigenvalue weighted by atomic mass is 32.2. The molecule has 0 aliphatic heterocycles. The molecular weight excluding hydrogens is 292 g/mol. The minimum atomic E-state index is -0.0277. The van der Waals surface area contributed by atoms with Crippen LogP contribution in [0.1, 0.15) is 24.7 Å². The number of aromatic nitrogens is 3. The highest BCUT2D eigenvalue weighted by Gasteiger charge is 2.10. The normalized spacial score (nSPS) is 10.8. The molecule has 2 aromatic heterocycles. The molecule has 20 heavy (non-hydrogen) atoms. The monoisotopic (exact) mass is 310 g/mol. The maximum absolute atomic E-state index is 12.0. The van der Waals surface area contributed by atoms with Crippen LogP contribution in [-0.4, -0.2) is 26.4 Å². The number of thioether (sulfide) groups is 1. The first kappa shape index (κ1) is 15.1. The fraction of sp³-hybridized carbons (Fsp3) is 0.462. The molecule has 2 heterocycles. The van der Waals surface area contributed by atoms with Crippen molar-refractivity contribution in [1.82, 2.24) is 14.8 Å². The molecule has 2 aromatic rings. The highest BCUT2D eigenvalue weighted by molar-refractivity contribution is 8.01. The van der Waals surface area contributed by atoms with Crippen LogP contribution in [0.3, 0.4) is 0 Å². The van der Waals surface area contributed by atoms with Crippen LogP contribution in [0.2, 0.25) is 0 Å². The lowest BCUT2D eigenvalue weighted by Crippen LogP contribution is -2.17. The molecule has 0 aliphatic rings. The maximum atomic E-state index is 12.0. The molecule has 1 N–H and O–H groups in total. The summed E-state index contributed by atoms with van der Waals surface area (Å²) in [6.07, 6.45) is 0.983. The molecule has 0 saturated carbocycles. The molecule has 0 fully saturated rings. The number of rotatable bonds is 6. The standard InChI is InChI=1S/C13H18N4OS2/c1-4-5-17-11(6-9(2)16-17)15-12(18)8-20-13-14-10(3)7-19-13/h6-7H,4-5,8H2,1-3H3,(H,15,18). The van der Waals surface area contributed by atoms with Gasteiger partial charge in [-0.3, -0.25) is 4.79 Å². The number of thiazole rings is 1. The van der Waals surface area contributed by atoms with Gasteiger partial charge < -0.3 is 5.32 Å². The average Bonchev–Trinajstić information content (AvgIpc) is 2.94. The molecule has 108 valence electrons. The SMILES string of the molecule is CCCn1nc(C)cc1NC(=O)CSc1nc(C)cs1. The Morgan fingerprint density at radius 3 is 2.90 bits per heavy atom. The Morgan fingerprint density at radius 2 is 2.25 bits per heavy atom. The van der Waals surface area contributed by atoms with E-state index >= 15 is 0 Å². The molecule has 1 amide bonds. The number of anilines is 1. The number of nitrogens with one attached hydrogen (secondary N) is 1. The molecule has 7 heteroatoms. The predicted octanol–water partition coefficient (Wildman–Crippen LogP) is 3.10. The summed E-state index contributed by atoms with van der Waals surface area (Å²) < 4.78 is 2.77. The van der Waals surface area contributed by atoms with Gasteiger partial charge in [0.1, 0.15) is 5.82 Å². The van der Waals surface area contributed by atoms with Gasteiger partial charge in [0.05, 0.1) is 11.4 Å². The number of carbonyl (C=O) groups is 1. The first-order chi connectivity index (χ1) is 9.58. The predicted molar refractivity (Wildman–Crippen MR) is 83.5 cm³/mol. The second kappa shape index (κ2) is 6.90. The highest BCUT2D eigenvalue weighted by Crippen LogP contribution is 2.22. The molecule has 0 spiro atoms. The molecule has 2 rings (SSSR count). The summed E-state index contributed by atoms with van der Waals surface area (Å²) in [4.78, 5) is 16.3. The number of hydrogen-bond acceptors (Lipinski definition) is 5. The third kappa shape index (κ3) is 4.08. The fourth-order valence-corrected chi connectivity index (χ4v) is 3.38. The van der Waals surface area contributed by atoms with E-state index in [0.717, 1.165) is 34.5 Å². The van der Waals surface area contributed by atoms with Crippen molar-refractivity contribution in [3.8, 4) is 0 Å². The summed E-state index contributed by atoms with van der Waals surface area (Å²) in [5, 5.41) is 9.26. The quantitative estimate of drug-likeness (QED) is 0.833. The zero-order valence-corrected chi connectivity index (χ0v) is 13.5. The van der Waals surface area contributed by atoms with Gasteiger partial charge in [-0.25, -0.2) is 9.67 Å². The zero-order chi connectivity index (χ0) is 14.5. The van der Waals surface area contributed by atoms with Gasteiger partial charge in [-0.15, -0.1) is 11.3 Å². The van der Waals surface area contributed by atoms with Gasteiger partial charge in [-0.1, -0.05) is 18.7 Å². The van der Waals surface area contributed by atoms with Crippen molar-refractivity contribution < 1.29 is 4.79 Å². The van der Waals surface area contributed by atoms with E-state index in [1.807, 2.05) is 30.0 Å². The Hall–Kier alpha value is -1.34. The molecule has 0 bridgehead atoms. The van der Waals surface area contributed by atoms with Gasteiger partial charge in [0, 0.05) is 23.7 Å². The lowest BCUT2D eigenvalue weighted by Gasteiger charge is -2.07. The maximum Gasteiger partial charge on any atom is 0.235 e. The number of nitrogens with zero attached hydrogens (tertiary/aromatic N) is 3. The molecular formula is C13H18N4OS2. The van der Waals surface area contributed by atoms with Gasteiger partial charge in [0.2, 0.25) is 5.91 Å². The fourth-order valence-electron chi connectivity index (χ4n) is 1.73. The lowest BCUT2D eigenvalue weighted by molar-refractivity contribution is -0.113. The van der Waals surface area contributed by atoms with Crippen molar-refractivity contribution in [3.63, 3.8) is 0 Å². The van der Waals surface area contributed by atoms with Crippen LogP contribution in [0, 0.1) is 13.8 Å². The summed E-state index contributed by atoms with van der Waals surface area (Å²) >= 11 is 3.03. The first-order valence-corrected chi connectivity index (χ1v) is 8.34. The largest absolute Gasteiger partial charge is 0.310 e. The molecule has 0 atom stereocenters. The van der Waals surface area contributed by atoms with Crippen LogP contribution in [-0.2, 0) is 11.3 Å². The van der Waals surface area contributed by atoms with E-state index in [1.54, 1.807) is 11.3 Å². The Labute approximate surface area is 126 Å². The molecule has 5 nitrogen and oxygen atoms in total. The van der Waals surface area contributed by atoms with Crippen LogP contribution < -0.4 is 5.32 Å². The van der Waals surface area contributed by atoms with Crippen molar-refractivity contribution in [2.45, 2.75) is 38.1 Å². The topological polar surface area (TPSA) is 59.8 Å². The number of hydrogen-bond donors (Lipinski definition) is 1. The van der Waals surface area contributed by atoms with E-state index in [0.29, 0.717) is 5.75 Å². The summed E-state index contributed by atoms with van der Waals surface area (Å²) in [6, 6.07) is 1.89. The van der Waals surface area contributed by atoms with Gasteiger partial charge in [-0.2, -0.15) is 5.10 Å².